The second-order valence-corrected chi connectivity index (χ2v) is 4.16. The Morgan fingerprint density at radius 1 is 1.44 bits per heavy atom. The molecule has 0 aromatic carbocycles. The average Bonchev–Trinajstić information content (AvgIpc) is 2.45. The number of thiazole rings is 1. The second kappa shape index (κ2) is 4.22. The summed E-state index contributed by atoms with van der Waals surface area (Å²) in [6.07, 6.45) is -5.08. The molecule has 0 bridgehead atoms. The van der Waals surface area contributed by atoms with Crippen molar-refractivity contribution in [1.29, 1.82) is 0 Å². The zero-order valence-electron chi connectivity index (χ0n) is 7.21. The van der Waals surface area contributed by atoms with Gasteiger partial charge in [-0.15, -0.1) is 0 Å². The fourth-order valence-corrected chi connectivity index (χ4v) is 1.82. The molecule has 5 nitrogen and oxygen atoms in total. The number of carboxylic acid groups (broad SMARTS) is 1. The fourth-order valence-electron chi connectivity index (χ4n) is 0.741. The van der Waals surface area contributed by atoms with Crippen molar-refractivity contribution < 1.29 is 27.9 Å². The molecule has 0 aliphatic heterocycles. The van der Waals surface area contributed by atoms with Crippen molar-refractivity contribution >= 4 is 40.4 Å². The van der Waals surface area contributed by atoms with Gasteiger partial charge in [-0.3, -0.25) is 4.79 Å². The van der Waals surface area contributed by atoms with E-state index >= 15 is 0 Å². The predicted octanol–water partition coefficient (Wildman–Crippen LogP) is 2.00. The van der Waals surface area contributed by atoms with Crippen LogP contribution in [-0.4, -0.2) is 28.1 Å². The number of amides is 1. The van der Waals surface area contributed by atoms with Crippen molar-refractivity contribution in [2.45, 2.75) is 6.18 Å². The molecule has 0 saturated carbocycles. The van der Waals surface area contributed by atoms with E-state index in [0.29, 0.717) is 11.3 Å². The molecule has 0 aliphatic rings. The molecule has 0 spiro atoms. The summed E-state index contributed by atoms with van der Waals surface area (Å²) in [7, 11) is 0. The van der Waals surface area contributed by atoms with Gasteiger partial charge in [0.05, 0.1) is 0 Å². The number of aromatic carboxylic acids is 1. The van der Waals surface area contributed by atoms with Gasteiger partial charge in [0.15, 0.2) is 9.65 Å². The van der Waals surface area contributed by atoms with Crippen LogP contribution in [0.25, 0.3) is 0 Å². The minimum atomic E-state index is -5.08. The number of carbonyl (C=O) groups is 2. The summed E-state index contributed by atoms with van der Waals surface area (Å²) in [6, 6.07) is 0. The number of halogens is 3. The first-order valence-corrected chi connectivity index (χ1v) is 4.79. The molecule has 88 valence electrons. The normalized spacial score (nSPS) is 11.2. The summed E-state index contributed by atoms with van der Waals surface area (Å²) in [5, 5.41) is 9.55. The van der Waals surface area contributed by atoms with Crippen LogP contribution in [-0.2, 0) is 4.79 Å². The molecule has 1 aromatic rings. The summed E-state index contributed by atoms with van der Waals surface area (Å²) in [5.41, 5.74) is -0.576. The van der Waals surface area contributed by atoms with E-state index in [4.69, 9.17) is 5.11 Å². The van der Waals surface area contributed by atoms with Crippen molar-refractivity contribution in [2.75, 3.05) is 5.32 Å². The zero-order valence-corrected chi connectivity index (χ0v) is 8.85. The molecule has 0 atom stereocenters. The third-order valence-corrected chi connectivity index (χ3v) is 2.50. The lowest BCUT2D eigenvalue weighted by Crippen LogP contribution is -2.30. The molecule has 0 aliphatic carbocycles. The van der Waals surface area contributed by atoms with Crippen molar-refractivity contribution in [2.24, 2.45) is 0 Å². The lowest BCUT2D eigenvalue weighted by molar-refractivity contribution is -0.167. The molecule has 0 fully saturated rings. The molecule has 1 amide bonds. The molecule has 1 rings (SSSR count). The second-order valence-electron chi connectivity index (χ2n) is 2.48. The van der Waals surface area contributed by atoms with Crippen LogP contribution in [0, 0.1) is 3.95 Å². The van der Waals surface area contributed by atoms with E-state index < -0.39 is 28.7 Å². The third-order valence-electron chi connectivity index (χ3n) is 1.35. The number of carbonyl (C=O) groups excluding carboxylic acids is 1. The van der Waals surface area contributed by atoms with Crippen LogP contribution in [0.4, 0.5) is 18.2 Å². The standard InChI is InChI=1S/C6H3F3N2O3S2/c7-6(8,9)4(14)11-2-1(3(12)13)10-5(15)16-2/h(H,10,15)(H,11,14)(H,12,13). The van der Waals surface area contributed by atoms with E-state index in [9.17, 15) is 22.8 Å². The minimum Gasteiger partial charge on any atom is -0.476 e. The summed E-state index contributed by atoms with van der Waals surface area (Å²) in [4.78, 5) is 23.3. The van der Waals surface area contributed by atoms with Gasteiger partial charge in [0.1, 0.15) is 5.00 Å². The lowest BCUT2D eigenvalue weighted by Gasteiger charge is -2.05. The van der Waals surface area contributed by atoms with Gasteiger partial charge in [0, 0.05) is 0 Å². The first kappa shape index (κ1) is 12.6. The third kappa shape index (κ3) is 2.79. The van der Waals surface area contributed by atoms with Crippen molar-refractivity contribution in [3.8, 4) is 0 Å². The van der Waals surface area contributed by atoms with E-state index in [-0.39, 0.29) is 3.95 Å². The van der Waals surface area contributed by atoms with Crippen molar-refractivity contribution in [1.82, 2.24) is 4.98 Å². The average molecular weight is 272 g/mol. The van der Waals surface area contributed by atoms with E-state index in [1.807, 2.05) is 0 Å². The van der Waals surface area contributed by atoms with Crippen LogP contribution >= 0.6 is 23.6 Å². The highest BCUT2D eigenvalue weighted by Crippen LogP contribution is 2.25. The maximum absolute atomic E-state index is 11.9. The highest BCUT2D eigenvalue weighted by molar-refractivity contribution is 7.73. The Kier molecular flexibility index (Phi) is 3.33. The van der Waals surface area contributed by atoms with Gasteiger partial charge in [-0.05, 0) is 12.2 Å². The smallest absolute Gasteiger partial charge is 0.471 e. The maximum atomic E-state index is 11.9. The Labute approximate surface area is 94.9 Å². The molecule has 1 aromatic heterocycles. The number of rotatable bonds is 2. The van der Waals surface area contributed by atoms with Gasteiger partial charge in [-0.25, -0.2) is 4.79 Å². The number of hydrogen-bond donors (Lipinski definition) is 3. The Balaban J connectivity index is 3.02. The quantitative estimate of drug-likeness (QED) is 0.719. The number of carboxylic acids is 1. The van der Waals surface area contributed by atoms with E-state index in [0.717, 1.165) is 0 Å². The fraction of sp³-hybridized carbons (Fsp3) is 0.167. The Hall–Kier alpha value is -1.42. The van der Waals surface area contributed by atoms with Crippen LogP contribution in [0.2, 0.25) is 0 Å². The molecule has 0 saturated heterocycles. The van der Waals surface area contributed by atoms with Crippen LogP contribution in [0.3, 0.4) is 0 Å². The topological polar surface area (TPSA) is 82.2 Å². The number of nitrogens with one attached hydrogen (secondary N) is 2. The molecule has 1 heterocycles. The highest BCUT2D eigenvalue weighted by Gasteiger charge is 2.39. The highest BCUT2D eigenvalue weighted by atomic mass is 32.1. The van der Waals surface area contributed by atoms with Crippen LogP contribution < -0.4 is 5.32 Å². The number of alkyl halides is 3. The lowest BCUT2D eigenvalue weighted by atomic mass is 10.4. The van der Waals surface area contributed by atoms with Crippen LogP contribution in [0.15, 0.2) is 0 Å². The van der Waals surface area contributed by atoms with Crippen LogP contribution in [0.1, 0.15) is 10.5 Å². The number of aromatic nitrogens is 1. The SMILES string of the molecule is O=C(O)c1[nH]c(=S)sc1NC(=O)C(F)(F)F. The molecule has 16 heavy (non-hydrogen) atoms. The maximum Gasteiger partial charge on any atom is 0.471 e. The molecular weight excluding hydrogens is 269 g/mol. The van der Waals surface area contributed by atoms with Gasteiger partial charge < -0.3 is 15.4 Å². The minimum absolute atomic E-state index is 0.0464. The summed E-state index contributed by atoms with van der Waals surface area (Å²) >= 11 is 5.09. The van der Waals surface area contributed by atoms with Crippen molar-refractivity contribution in [3.05, 3.63) is 9.65 Å². The number of aromatic amines is 1. The molecule has 0 unspecified atom stereocenters. The number of anilines is 1. The summed E-state index contributed by atoms with van der Waals surface area (Å²) in [6.45, 7) is 0. The van der Waals surface area contributed by atoms with Gasteiger partial charge in [-0.1, -0.05) is 11.3 Å². The van der Waals surface area contributed by atoms with Crippen molar-refractivity contribution in [3.63, 3.8) is 0 Å². The van der Waals surface area contributed by atoms with E-state index in [1.165, 1.54) is 5.32 Å². The van der Waals surface area contributed by atoms with Gasteiger partial charge in [-0.2, -0.15) is 13.2 Å². The zero-order chi connectivity index (χ0) is 12.5. The Morgan fingerprint density at radius 3 is 2.44 bits per heavy atom. The Bertz CT molecular complexity index is 490. The molecule has 3 N–H and O–H groups in total. The summed E-state index contributed by atoms with van der Waals surface area (Å²) < 4.78 is 35.6. The monoisotopic (exact) mass is 272 g/mol. The van der Waals surface area contributed by atoms with E-state index in [1.54, 1.807) is 0 Å². The molecule has 10 heteroatoms. The predicted molar refractivity (Wildman–Crippen MR) is 51.1 cm³/mol. The first-order chi connectivity index (χ1) is 7.21. The van der Waals surface area contributed by atoms with E-state index in [2.05, 4.69) is 17.2 Å². The summed E-state index contributed by atoms with van der Waals surface area (Å²) in [5.74, 6) is -3.76. The first-order valence-electron chi connectivity index (χ1n) is 3.56. The van der Waals surface area contributed by atoms with Crippen LogP contribution in [0.5, 0.6) is 0 Å². The largest absolute Gasteiger partial charge is 0.476 e. The molecular formula is C6H3F3N2O3S2. The number of H-pyrrole nitrogens is 1. The van der Waals surface area contributed by atoms with Gasteiger partial charge in [0.25, 0.3) is 0 Å². The molecule has 0 radical (unpaired) electrons. The van der Waals surface area contributed by atoms with Gasteiger partial charge >= 0.3 is 18.1 Å². The Morgan fingerprint density at radius 2 is 2.00 bits per heavy atom. The van der Waals surface area contributed by atoms with Gasteiger partial charge in [0.2, 0.25) is 0 Å². The number of hydrogen-bond acceptors (Lipinski definition) is 4.